The second-order valence-corrected chi connectivity index (χ2v) is 5.91. The summed E-state index contributed by atoms with van der Waals surface area (Å²) in [6.07, 6.45) is -0.0591. The lowest BCUT2D eigenvalue weighted by molar-refractivity contribution is 0.0486. The van der Waals surface area contributed by atoms with Crippen LogP contribution in [-0.4, -0.2) is 24.2 Å². The first kappa shape index (κ1) is 20.3. The summed E-state index contributed by atoms with van der Waals surface area (Å²) in [6.45, 7) is 8.11. The lowest BCUT2D eigenvalue weighted by atomic mass is 10.0. The van der Waals surface area contributed by atoms with Gasteiger partial charge >= 0.3 is 0 Å². The largest absolute Gasteiger partial charge is 0.473 e. The molecule has 0 N–H and O–H groups in total. The SMILES string of the molecule is Br.CCN(CC)C(C)Oc1c(Cl)cc(Cl)cc1-c1ccccc1. The van der Waals surface area contributed by atoms with Gasteiger partial charge in [-0.15, -0.1) is 17.0 Å². The van der Waals surface area contributed by atoms with Crippen molar-refractivity contribution in [2.75, 3.05) is 13.1 Å². The molecule has 0 radical (unpaired) electrons. The molecule has 126 valence electrons. The number of hydrogen-bond acceptors (Lipinski definition) is 2. The number of hydrogen-bond donors (Lipinski definition) is 0. The zero-order valence-corrected chi connectivity index (χ0v) is 16.8. The van der Waals surface area contributed by atoms with Gasteiger partial charge in [0.05, 0.1) is 5.02 Å². The van der Waals surface area contributed by atoms with Crippen molar-refractivity contribution in [3.05, 3.63) is 52.5 Å². The number of ether oxygens (including phenoxy) is 1. The normalized spacial score (nSPS) is 11.9. The molecule has 0 aliphatic carbocycles. The van der Waals surface area contributed by atoms with Crippen LogP contribution in [0.25, 0.3) is 11.1 Å². The fraction of sp³-hybridized carbons (Fsp3) is 0.333. The van der Waals surface area contributed by atoms with Crippen LogP contribution in [0.15, 0.2) is 42.5 Å². The van der Waals surface area contributed by atoms with Gasteiger partial charge in [-0.05, 0) is 37.7 Å². The Hall–Kier alpha value is -0.740. The summed E-state index contributed by atoms with van der Waals surface area (Å²) in [4.78, 5) is 2.22. The topological polar surface area (TPSA) is 12.5 Å². The van der Waals surface area contributed by atoms with Gasteiger partial charge in [-0.1, -0.05) is 67.4 Å². The average molecular weight is 419 g/mol. The Balaban J connectivity index is 0.00000264. The molecule has 0 saturated carbocycles. The molecule has 2 nitrogen and oxygen atoms in total. The van der Waals surface area contributed by atoms with Gasteiger partial charge < -0.3 is 4.74 Å². The average Bonchev–Trinajstić information content (AvgIpc) is 2.51. The number of nitrogens with zero attached hydrogens (tertiary/aromatic N) is 1. The van der Waals surface area contributed by atoms with Crippen LogP contribution in [0.2, 0.25) is 10.0 Å². The summed E-state index contributed by atoms with van der Waals surface area (Å²) < 4.78 is 6.16. The van der Waals surface area contributed by atoms with Gasteiger partial charge in [0.2, 0.25) is 0 Å². The van der Waals surface area contributed by atoms with Gasteiger partial charge in [0.15, 0.2) is 0 Å². The van der Waals surface area contributed by atoms with Crippen molar-refractivity contribution in [2.45, 2.75) is 27.0 Å². The van der Waals surface area contributed by atoms with E-state index in [0.29, 0.717) is 15.8 Å². The van der Waals surface area contributed by atoms with E-state index in [0.717, 1.165) is 24.2 Å². The van der Waals surface area contributed by atoms with E-state index in [1.54, 1.807) is 6.07 Å². The van der Waals surface area contributed by atoms with Gasteiger partial charge in [0.25, 0.3) is 0 Å². The molecule has 0 bridgehead atoms. The standard InChI is InChI=1S/C18H21Cl2NO.BrH/c1-4-21(5-2)13(3)22-18-16(11-15(19)12-17(18)20)14-9-7-6-8-10-14;/h6-13H,4-5H2,1-3H3;1H. The molecule has 0 aliphatic rings. The fourth-order valence-corrected chi connectivity index (χ4v) is 3.03. The third-order valence-electron chi connectivity index (χ3n) is 3.71. The minimum atomic E-state index is -0.0591. The first-order valence-electron chi connectivity index (χ1n) is 7.52. The van der Waals surface area contributed by atoms with Crippen LogP contribution in [-0.2, 0) is 0 Å². The lowest BCUT2D eigenvalue weighted by Gasteiger charge is -2.28. The molecule has 0 saturated heterocycles. The van der Waals surface area contributed by atoms with Crippen molar-refractivity contribution in [2.24, 2.45) is 0 Å². The molecule has 2 aromatic rings. The number of halogens is 3. The van der Waals surface area contributed by atoms with Gasteiger partial charge in [-0.3, -0.25) is 4.90 Å². The summed E-state index contributed by atoms with van der Waals surface area (Å²) in [6, 6.07) is 13.6. The molecule has 0 aromatic heterocycles. The van der Waals surface area contributed by atoms with Crippen molar-refractivity contribution in [3.8, 4) is 16.9 Å². The van der Waals surface area contributed by atoms with E-state index in [4.69, 9.17) is 27.9 Å². The molecular weight excluding hydrogens is 397 g/mol. The monoisotopic (exact) mass is 417 g/mol. The van der Waals surface area contributed by atoms with E-state index in [1.165, 1.54) is 0 Å². The predicted molar refractivity (Wildman–Crippen MR) is 105 cm³/mol. The zero-order valence-electron chi connectivity index (χ0n) is 13.6. The van der Waals surface area contributed by atoms with Crippen molar-refractivity contribution in [3.63, 3.8) is 0 Å². The molecule has 0 fully saturated rings. The Bertz CT molecular complexity index is 618. The maximum Gasteiger partial charge on any atom is 0.149 e. The molecule has 0 amide bonds. The highest BCUT2D eigenvalue weighted by Gasteiger charge is 2.18. The molecule has 0 spiro atoms. The van der Waals surface area contributed by atoms with Crippen molar-refractivity contribution in [1.29, 1.82) is 0 Å². The molecule has 0 heterocycles. The van der Waals surface area contributed by atoms with Crippen molar-refractivity contribution in [1.82, 2.24) is 4.90 Å². The smallest absolute Gasteiger partial charge is 0.149 e. The Kier molecular flexibility index (Phi) is 8.41. The molecule has 1 unspecified atom stereocenters. The van der Waals surface area contributed by atoms with E-state index in [9.17, 15) is 0 Å². The predicted octanol–water partition coefficient (Wildman–Crippen LogP) is 6.30. The van der Waals surface area contributed by atoms with E-state index in [1.807, 2.05) is 43.3 Å². The minimum Gasteiger partial charge on any atom is -0.473 e. The third-order valence-corrected chi connectivity index (χ3v) is 4.21. The summed E-state index contributed by atoms with van der Waals surface area (Å²) in [7, 11) is 0. The molecule has 5 heteroatoms. The van der Waals surface area contributed by atoms with Gasteiger partial charge in [0.1, 0.15) is 12.0 Å². The summed E-state index contributed by atoms with van der Waals surface area (Å²) in [5.41, 5.74) is 1.95. The van der Waals surface area contributed by atoms with Crippen LogP contribution in [0.5, 0.6) is 5.75 Å². The maximum absolute atomic E-state index is 6.39. The Morgan fingerprint density at radius 2 is 1.65 bits per heavy atom. The van der Waals surface area contributed by atoms with Crippen LogP contribution >= 0.6 is 40.2 Å². The first-order chi connectivity index (χ1) is 10.6. The van der Waals surface area contributed by atoms with Crippen LogP contribution in [0, 0.1) is 0 Å². The first-order valence-corrected chi connectivity index (χ1v) is 8.27. The van der Waals surface area contributed by atoms with Gasteiger partial charge in [-0.25, -0.2) is 0 Å². The van der Waals surface area contributed by atoms with Crippen LogP contribution < -0.4 is 4.74 Å². The van der Waals surface area contributed by atoms with Gasteiger partial charge in [0, 0.05) is 10.6 Å². The summed E-state index contributed by atoms with van der Waals surface area (Å²) in [5, 5.41) is 1.14. The van der Waals surface area contributed by atoms with Crippen LogP contribution in [0.3, 0.4) is 0 Å². The number of rotatable bonds is 6. The van der Waals surface area contributed by atoms with E-state index >= 15 is 0 Å². The molecule has 0 aliphatic heterocycles. The minimum absolute atomic E-state index is 0. The second-order valence-electron chi connectivity index (χ2n) is 5.07. The molecule has 23 heavy (non-hydrogen) atoms. The molecular formula is C18H22BrCl2NO. The highest BCUT2D eigenvalue weighted by atomic mass is 79.9. The van der Waals surface area contributed by atoms with Crippen molar-refractivity contribution < 1.29 is 4.74 Å². The lowest BCUT2D eigenvalue weighted by Crippen LogP contribution is -2.37. The molecule has 2 rings (SSSR count). The highest BCUT2D eigenvalue weighted by Crippen LogP contribution is 2.39. The third kappa shape index (κ3) is 5.12. The highest BCUT2D eigenvalue weighted by molar-refractivity contribution is 8.93. The summed E-state index contributed by atoms with van der Waals surface area (Å²) >= 11 is 12.6. The van der Waals surface area contributed by atoms with Crippen LogP contribution in [0.1, 0.15) is 20.8 Å². The van der Waals surface area contributed by atoms with E-state index < -0.39 is 0 Å². The quantitative estimate of drug-likeness (QED) is 0.510. The fourth-order valence-electron chi connectivity index (χ4n) is 2.50. The molecule has 1 atom stereocenters. The maximum atomic E-state index is 6.39. The Labute approximate surface area is 159 Å². The van der Waals surface area contributed by atoms with E-state index in [2.05, 4.69) is 18.7 Å². The van der Waals surface area contributed by atoms with Gasteiger partial charge in [-0.2, -0.15) is 0 Å². The Morgan fingerprint density at radius 3 is 2.22 bits per heavy atom. The zero-order chi connectivity index (χ0) is 16.1. The van der Waals surface area contributed by atoms with Crippen molar-refractivity contribution >= 4 is 40.2 Å². The van der Waals surface area contributed by atoms with Crippen LogP contribution in [0.4, 0.5) is 0 Å². The molecule has 2 aromatic carbocycles. The summed E-state index contributed by atoms with van der Waals surface area (Å²) in [5.74, 6) is 0.677. The number of benzene rings is 2. The van der Waals surface area contributed by atoms with E-state index in [-0.39, 0.29) is 23.2 Å². The second kappa shape index (κ2) is 9.53. The Morgan fingerprint density at radius 1 is 1.04 bits per heavy atom.